The van der Waals surface area contributed by atoms with Crippen LogP contribution in [0.1, 0.15) is 0 Å². The quantitative estimate of drug-likeness (QED) is 0.171. The van der Waals surface area contributed by atoms with E-state index in [4.69, 9.17) is 9.97 Å². The summed E-state index contributed by atoms with van der Waals surface area (Å²) in [7, 11) is -0.192. The summed E-state index contributed by atoms with van der Waals surface area (Å²) < 4.78 is 8.09. The van der Waals surface area contributed by atoms with Gasteiger partial charge in [-0.25, -0.2) is 9.97 Å². The number of anilines is 6. The Bertz CT molecular complexity index is 3360. The fourth-order valence-electron chi connectivity index (χ4n) is 9.01. The van der Waals surface area contributed by atoms with E-state index < -0.39 is 0 Å². The van der Waals surface area contributed by atoms with Crippen molar-refractivity contribution in [3.8, 4) is 5.69 Å². The molecule has 13 rings (SSSR count). The third kappa shape index (κ3) is 3.57. The van der Waals surface area contributed by atoms with Crippen LogP contribution in [0.25, 0.3) is 59.7 Å². The molecular weight excluding hydrogens is 683 g/mol. The van der Waals surface area contributed by atoms with Crippen molar-refractivity contribution < 1.29 is 0 Å². The van der Waals surface area contributed by atoms with Crippen LogP contribution in [0.5, 0.6) is 0 Å². The maximum atomic E-state index is 5.18. The zero-order valence-corrected chi connectivity index (χ0v) is 29.5. The number of hydrogen-bond acceptors (Lipinski definition) is 6. The van der Waals surface area contributed by atoms with E-state index in [0.29, 0.717) is 0 Å². The predicted molar refractivity (Wildman–Crippen MR) is 223 cm³/mol. The van der Waals surface area contributed by atoms with Crippen LogP contribution in [0.2, 0.25) is 0 Å². The van der Waals surface area contributed by atoms with Gasteiger partial charge in [0, 0.05) is 5.69 Å². The minimum atomic E-state index is -0.192. The average Bonchev–Trinajstić information content (AvgIpc) is 4.05. The maximum Gasteiger partial charge on any atom is 0.519 e. The average molecular weight is 711 g/mol. The summed E-state index contributed by atoms with van der Waals surface area (Å²) in [5.41, 5.74) is 15.6. The molecule has 8 nitrogen and oxygen atoms in total. The molecule has 0 bridgehead atoms. The van der Waals surface area contributed by atoms with Gasteiger partial charge in [-0.3, -0.25) is 13.4 Å². The highest BCUT2D eigenvalue weighted by Gasteiger charge is 2.53. The van der Waals surface area contributed by atoms with Crippen LogP contribution in [-0.2, 0) is 0 Å². The molecule has 2 aliphatic rings. The molecule has 0 radical (unpaired) electrons. The van der Waals surface area contributed by atoms with E-state index in [-0.39, 0.29) is 7.12 Å². The highest BCUT2D eigenvalue weighted by Crippen LogP contribution is 2.57. The van der Waals surface area contributed by atoms with Crippen LogP contribution in [-0.4, -0.2) is 30.5 Å². The molecule has 0 saturated carbocycles. The Morgan fingerprint density at radius 3 is 1.67 bits per heavy atom. The van der Waals surface area contributed by atoms with Crippen molar-refractivity contribution in [2.75, 3.05) is 14.4 Å². The first-order chi connectivity index (χ1) is 26.8. The lowest BCUT2D eigenvalue weighted by Crippen LogP contribution is -2.51. The fraction of sp³-hybridized carbons (Fsp3) is 0. The van der Waals surface area contributed by atoms with Crippen molar-refractivity contribution in [3.05, 3.63) is 164 Å². The number of benzene rings is 7. The summed E-state index contributed by atoms with van der Waals surface area (Å²) in [6, 6.07) is 58.6. The molecule has 7 aromatic carbocycles. The third-order valence-electron chi connectivity index (χ3n) is 11.2. The van der Waals surface area contributed by atoms with Crippen molar-refractivity contribution in [3.63, 3.8) is 0 Å². The Hall–Kier alpha value is -7.04. The second-order valence-corrected chi connectivity index (χ2v) is 14.9. The van der Waals surface area contributed by atoms with Crippen molar-refractivity contribution in [2.24, 2.45) is 0 Å². The molecule has 0 unspecified atom stereocenters. The van der Waals surface area contributed by atoms with Crippen molar-refractivity contribution in [1.29, 1.82) is 0 Å². The largest absolute Gasteiger partial charge is 0.519 e. The van der Waals surface area contributed by atoms with Gasteiger partial charge >= 0.3 is 7.12 Å². The normalized spacial score (nSPS) is 13.8. The minimum absolute atomic E-state index is 0.192. The van der Waals surface area contributed by atoms with Crippen LogP contribution in [0.3, 0.4) is 0 Å². The van der Waals surface area contributed by atoms with Crippen molar-refractivity contribution in [2.45, 2.75) is 0 Å². The van der Waals surface area contributed by atoms with E-state index in [0.717, 1.165) is 72.1 Å². The predicted octanol–water partition coefficient (Wildman–Crippen LogP) is 10.9. The number of aromatic nitrogens is 5. The third-order valence-corrected chi connectivity index (χ3v) is 12.2. The summed E-state index contributed by atoms with van der Waals surface area (Å²) >= 11 is 1.76. The smallest absolute Gasteiger partial charge is 0.343 e. The molecule has 11 aromatic rings. The highest BCUT2D eigenvalue weighted by molar-refractivity contribution is 7.24. The molecule has 4 aromatic heterocycles. The number of imidazole rings is 3. The summed E-state index contributed by atoms with van der Waals surface area (Å²) in [4.78, 5) is 18.7. The second kappa shape index (κ2) is 10.3. The Kier molecular flexibility index (Phi) is 5.45. The van der Waals surface area contributed by atoms with Crippen molar-refractivity contribution in [1.82, 2.24) is 23.3 Å². The topological polar surface area (TPSA) is 49.2 Å². The molecule has 0 aliphatic carbocycles. The van der Waals surface area contributed by atoms with E-state index in [9.17, 15) is 0 Å². The molecular formula is C44H27BN8S. The highest BCUT2D eigenvalue weighted by atomic mass is 32.1. The standard InChI is InChI=1S/C44H27BN8S/c1-3-17-32-30(15-1)46-43-48(34-19-5-6-20-35(34)49(32)43)28-13-11-14-29(27-28)51-36-21-7-8-22-37(36)52-38-23-9-10-24-39(38)53(45(51)52)41-26-12-25-40-42(41)54-44-47-31-16-2-4-18-33(31)50(40)44/h1-27H. The molecule has 6 heterocycles. The van der Waals surface area contributed by atoms with E-state index in [1.54, 1.807) is 11.3 Å². The van der Waals surface area contributed by atoms with Gasteiger partial charge in [-0.2, -0.15) is 0 Å². The number of hydrogen-bond donors (Lipinski definition) is 0. The molecule has 54 heavy (non-hydrogen) atoms. The molecule has 0 fully saturated rings. The number of rotatable bonds is 3. The number of para-hydroxylation sites is 10. The number of thiazole rings is 1. The first kappa shape index (κ1) is 28.5. The lowest BCUT2D eigenvalue weighted by atomic mass is 9.86. The van der Waals surface area contributed by atoms with Gasteiger partial charge in [0.1, 0.15) is 0 Å². The number of fused-ring (bicyclic) bond motifs is 15. The van der Waals surface area contributed by atoms with Crippen LogP contribution in [0.4, 0.5) is 34.1 Å². The van der Waals surface area contributed by atoms with Crippen LogP contribution < -0.4 is 14.4 Å². The Balaban J connectivity index is 1.05. The Labute approximate surface area is 312 Å². The van der Waals surface area contributed by atoms with E-state index >= 15 is 0 Å². The van der Waals surface area contributed by atoms with Crippen LogP contribution in [0.15, 0.2) is 164 Å². The summed E-state index contributed by atoms with van der Waals surface area (Å²) in [5.74, 6) is 0.898. The van der Waals surface area contributed by atoms with Gasteiger partial charge in [0.25, 0.3) is 0 Å². The summed E-state index contributed by atoms with van der Waals surface area (Å²) in [6.45, 7) is 0. The van der Waals surface area contributed by atoms with Gasteiger partial charge in [-0.05, 0) is 91.0 Å². The zero-order valence-electron chi connectivity index (χ0n) is 28.7. The van der Waals surface area contributed by atoms with Gasteiger partial charge in [0.05, 0.1) is 77.4 Å². The molecule has 0 N–H and O–H groups in total. The van der Waals surface area contributed by atoms with E-state index in [1.807, 2.05) is 0 Å². The lowest BCUT2D eigenvalue weighted by molar-refractivity contribution is 1.11. The minimum Gasteiger partial charge on any atom is -0.343 e. The van der Waals surface area contributed by atoms with E-state index in [1.165, 1.54) is 21.8 Å². The fourth-order valence-corrected chi connectivity index (χ4v) is 10.2. The summed E-state index contributed by atoms with van der Waals surface area (Å²) in [5, 5.41) is 0. The van der Waals surface area contributed by atoms with Crippen LogP contribution in [0, 0.1) is 0 Å². The zero-order chi connectivity index (χ0) is 35.1. The molecule has 0 spiro atoms. The van der Waals surface area contributed by atoms with Gasteiger partial charge in [0.2, 0.25) is 5.78 Å². The van der Waals surface area contributed by atoms with Gasteiger partial charge in [-0.1, -0.05) is 84.1 Å². The summed E-state index contributed by atoms with van der Waals surface area (Å²) in [6.07, 6.45) is 0. The SMILES string of the molecule is c1cc(N2B3N(c4ccccc42)c2ccccc2N3c2cccc3c2sc2nc4ccccc4n23)cc(-n2c3ccccc3n3c4ccccc4nc23)c1. The van der Waals surface area contributed by atoms with Crippen LogP contribution >= 0.6 is 11.3 Å². The molecule has 252 valence electrons. The molecule has 0 amide bonds. The maximum absolute atomic E-state index is 5.18. The van der Waals surface area contributed by atoms with E-state index in [2.05, 4.69) is 192 Å². The van der Waals surface area contributed by atoms with Gasteiger partial charge in [-0.15, -0.1) is 0 Å². The first-order valence-corrected chi connectivity index (χ1v) is 19.0. The van der Waals surface area contributed by atoms with Gasteiger partial charge < -0.3 is 14.4 Å². The Morgan fingerprint density at radius 2 is 0.926 bits per heavy atom. The van der Waals surface area contributed by atoms with Gasteiger partial charge in [0.15, 0.2) is 4.96 Å². The molecule has 2 aliphatic heterocycles. The molecule has 10 heteroatoms. The molecule has 0 atom stereocenters. The van der Waals surface area contributed by atoms with Crippen molar-refractivity contribution >= 4 is 107 Å². The number of nitrogens with zero attached hydrogens (tertiary/aromatic N) is 8. The second-order valence-electron chi connectivity index (χ2n) is 14.0. The lowest BCUT2D eigenvalue weighted by Gasteiger charge is -2.32. The first-order valence-electron chi connectivity index (χ1n) is 18.1. The molecule has 0 saturated heterocycles. The monoisotopic (exact) mass is 710 g/mol. The Morgan fingerprint density at radius 1 is 0.407 bits per heavy atom.